The number of methoxy groups -OCH3 is 2. The van der Waals surface area contributed by atoms with E-state index in [4.69, 9.17) is 30.5 Å². The first-order chi connectivity index (χ1) is 18.9. The van der Waals surface area contributed by atoms with Gasteiger partial charge in [-0.3, -0.25) is 19.3 Å². The van der Waals surface area contributed by atoms with Crippen LogP contribution in [0.5, 0.6) is 23.0 Å². The van der Waals surface area contributed by atoms with Gasteiger partial charge in [0, 0.05) is 0 Å². The van der Waals surface area contributed by atoms with Crippen LogP contribution in [-0.4, -0.2) is 55.9 Å². The smallest absolute Gasteiger partial charge is 0.293 e. The van der Waals surface area contributed by atoms with Gasteiger partial charge in [-0.2, -0.15) is 0 Å². The van der Waals surface area contributed by atoms with Crippen LogP contribution in [0.25, 0.3) is 6.08 Å². The fourth-order valence-corrected chi connectivity index (χ4v) is 4.68. The van der Waals surface area contributed by atoms with Crippen molar-refractivity contribution in [2.45, 2.75) is 0 Å². The van der Waals surface area contributed by atoms with Gasteiger partial charge in [0.1, 0.15) is 18.1 Å². The average Bonchev–Trinajstić information content (AvgIpc) is 3.20. The van der Waals surface area contributed by atoms with Gasteiger partial charge in [0.25, 0.3) is 17.1 Å². The lowest BCUT2D eigenvalue weighted by atomic mass is 10.2. The lowest BCUT2D eigenvalue weighted by molar-refractivity contribution is -0.123. The predicted molar refractivity (Wildman–Crippen MR) is 150 cm³/mol. The van der Waals surface area contributed by atoms with Gasteiger partial charge in [0.15, 0.2) is 18.1 Å². The molecule has 3 aromatic carbocycles. The summed E-state index contributed by atoms with van der Waals surface area (Å²) in [6.45, 7) is -0.0668. The maximum absolute atomic E-state index is 12.8. The van der Waals surface area contributed by atoms with Crippen LogP contribution in [0, 0.1) is 0 Å². The number of hydrogen-bond donors (Lipinski definition) is 1. The number of thioether (sulfide) groups is 1. The van der Waals surface area contributed by atoms with E-state index in [0.29, 0.717) is 39.3 Å². The first kappa shape index (κ1) is 27.9. The number of para-hydroxylation sites is 3. The summed E-state index contributed by atoms with van der Waals surface area (Å²) in [7, 11) is 2.98. The van der Waals surface area contributed by atoms with E-state index in [1.807, 2.05) is 0 Å². The zero-order valence-corrected chi connectivity index (χ0v) is 22.7. The van der Waals surface area contributed by atoms with Gasteiger partial charge >= 0.3 is 0 Å². The van der Waals surface area contributed by atoms with Gasteiger partial charge in [-0.1, -0.05) is 41.9 Å². The maximum atomic E-state index is 12.8. The lowest BCUT2D eigenvalue weighted by Crippen LogP contribution is -2.32. The molecule has 3 aromatic rings. The minimum atomic E-state index is -0.417. The first-order valence-electron chi connectivity index (χ1n) is 11.8. The van der Waals surface area contributed by atoms with Gasteiger partial charge in [-0.15, -0.1) is 0 Å². The molecule has 11 heteroatoms. The molecule has 1 N–H and O–H groups in total. The number of benzene rings is 3. The summed E-state index contributed by atoms with van der Waals surface area (Å²) >= 11 is 6.92. The molecule has 39 heavy (non-hydrogen) atoms. The molecule has 4 rings (SSSR count). The molecular weight excluding hydrogens is 544 g/mol. The largest absolute Gasteiger partial charge is 0.495 e. The Morgan fingerprint density at radius 3 is 2.38 bits per heavy atom. The molecule has 0 atom stereocenters. The highest BCUT2D eigenvalue weighted by atomic mass is 35.5. The number of carbonyl (C=O) groups is 3. The zero-order chi connectivity index (χ0) is 27.8. The first-order valence-corrected chi connectivity index (χ1v) is 13.0. The molecule has 1 fully saturated rings. The molecule has 0 aliphatic carbocycles. The number of rotatable bonds is 11. The SMILES string of the molecule is COc1ccccc1NC(=O)COc1ccc(/C=C2\SC(=O)N(CCOc3ccccc3Cl)C2=O)cc1OC. The molecule has 0 unspecified atom stereocenters. The Bertz CT molecular complexity index is 1410. The molecule has 1 aliphatic rings. The molecule has 1 saturated heterocycles. The zero-order valence-electron chi connectivity index (χ0n) is 21.1. The Labute approximate surface area is 234 Å². The van der Waals surface area contributed by atoms with Crippen LogP contribution in [0.3, 0.4) is 0 Å². The summed E-state index contributed by atoms with van der Waals surface area (Å²) in [6, 6.07) is 19.0. The Hall–Kier alpha value is -4.15. The van der Waals surface area contributed by atoms with Crippen LogP contribution < -0.4 is 24.3 Å². The minimum Gasteiger partial charge on any atom is -0.495 e. The topological polar surface area (TPSA) is 103 Å². The monoisotopic (exact) mass is 568 g/mol. The number of carbonyl (C=O) groups excluding carboxylic acids is 3. The van der Waals surface area contributed by atoms with Crippen molar-refractivity contribution in [2.75, 3.05) is 39.3 Å². The molecular formula is C28H25ClN2O7S. The standard InChI is InChI=1S/C28H25ClN2O7S/c1-35-22-10-6-4-8-20(22)30-26(32)17-38-23-12-11-18(15-24(23)36-2)16-25-27(33)31(28(34)39-25)13-14-37-21-9-5-3-7-19(21)29/h3-12,15-16H,13-14,17H2,1-2H3,(H,30,32)/b25-16-. The summed E-state index contributed by atoms with van der Waals surface area (Å²) in [6.07, 6.45) is 1.60. The molecule has 202 valence electrons. The van der Waals surface area contributed by atoms with Crippen molar-refractivity contribution < 1.29 is 33.3 Å². The second-order valence-electron chi connectivity index (χ2n) is 8.06. The third kappa shape index (κ3) is 7.04. The lowest BCUT2D eigenvalue weighted by Gasteiger charge is -2.14. The number of ether oxygens (including phenoxy) is 4. The number of hydrogen-bond acceptors (Lipinski definition) is 8. The molecule has 1 aliphatic heterocycles. The second-order valence-corrected chi connectivity index (χ2v) is 9.46. The Balaban J connectivity index is 1.36. The van der Waals surface area contributed by atoms with Crippen LogP contribution in [0.2, 0.25) is 5.02 Å². The Kier molecular flexibility index (Phi) is 9.35. The van der Waals surface area contributed by atoms with Crippen molar-refractivity contribution >= 4 is 52.2 Å². The van der Waals surface area contributed by atoms with Crippen LogP contribution in [0.15, 0.2) is 71.6 Å². The van der Waals surface area contributed by atoms with Gasteiger partial charge in [0.2, 0.25) is 0 Å². The number of nitrogens with zero attached hydrogens (tertiary/aromatic N) is 1. The molecule has 1 heterocycles. The van der Waals surface area contributed by atoms with Crippen LogP contribution in [0.4, 0.5) is 10.5 Å². The predicted octanol–water partition coefficient (Wildman–Crippen LogP) is 5.49. The quantitative estimate of drug-likeness (QED) is 0.303. The summed E-state index contributed by atoms with van der Waals surface area (Å²) in [5.74, 6) is 0.924. The second kappa shape index (κ2) is 13.1. The van der Waals surface area contributed by atoms with E-state index < -0.39 is 5.91 Å². The number of imide groups is 1. The highest BCUT2D eigenvalue weighted by Gasteiger charge is 2.34. The third-order valence-corrected chi connectivity index (χ3v) is 6.73. The number of halogens is 1. The van der Waals surface area contributed by atoms with Crippen LogP contribution in [0.1, 0.15) is 5.56 Å². The summed E-state index contributed by atoms with van der Waals surface area (Å²) in [4.78, 5) is 39.1. The summed E-state index contributed by atoms with van der Waals surface area (Å²) < 4.78 is 21.9. The molecule has 0 radical (unpaired) electrons. The van der Waals surface area contributed by atoms with Crippen LogP contribution >= 0.6 is 23.4 Å². The van der Waals surface area contributed by atoms with Gasteiger partial charge in [-0.05, 0) is 59.8 Å². The molecule has 0 aromatic heterocycles. The van der Waals surface area contributed by atoms with Crippen molar-refractivity contribution in [3.63, 3.8) is 0 Å². The van der Waals surface area contributed by atoms with Gasteiger partial charge < -0.3 is 24.3 Å². The van der Waals surface area contributed by atoms with Crippen LogP contribution in [-0.2, 0) is 9.59 Å². The number of anilines is 1. The van der Waals surface area contributed by atoms with E-state index >= 15 is 0 Å². The highest BCUT2D eigenvalue weighted by Crippen LogP contribution is 2.35. The van der Waals surface area contributed by atoms with E-state index in [0.717, 1.165) is 16.7 Å². The third-order valence-electron chi connectivity index (χ3n) is 5.51. The van der Waals surface area contributed by atoms with E-state index in [9.17, 15) is 14.4 Å². The van der Waals surface area contributed by atoms with E-state index in [1.54, 1.807) is 72.8 Å². The van der Waals surface area contributed by atoms with Crippen molar-refractivity contribution in [3.05, 3.63) is 82.2 Å². The van der Waals surface area contributed by atoms with E-state index in [1.165, 1.54) is 14.2 Å². The van der Waals surface area contributed by atoms with Crippen molar-refractivity contribution in [1.82, 2.24) is 4.90 Å². The average molecular weight is 569 g/mol. The van der Waals surface area contributed by atoms with Gasteiger partial charge in [-0.25, -0.2) is 0 Å². The maximum Gasteiger partial charge on any atom is 0.293 e. The molecule has 0 bridgehead atoms. The fraction of sp³-hybridized carbons (Fsp3) is 0.179. The Morgan fingerprint density at radius 1 is 0.923 bits per heavy atom. The van der Waals surface area contributed by atoms with Crippen molar-refractivity contribution in [2.24, 2.45) is 0 Å². The minimum absolute atomic E-state index is 0.0836. The number of nitrogens with one attached hydrogen (secondary N) is 1. The normalized spacial score (nSPS) is 13.9. The van der Waals surface area contributed by atoms with Crippen molar-refractivity contribution in [1.29, 1.82) is 0 Å². The Morgan fingerprint density at radius 2 is 1.64 bits per heavy atom. The fourth-order valence-electron chi connectivity index (χ4n) is 3.62. The summed E-state index contributed by atoms with van der Waals surface area (Å²) in [5.41, 5.74) is 1.15. The van der Waals surface area contributed by atoms with E-state index in [2.05, 4.69) is 5.32 Å². The molecule has 0 spiro atoms. The molecule has 9 nitrogen and oxygen atoms in total. The molecule has 0 saturated carbocycles. The van der Waals surface area contributed by atoms with E-state index in [-0.39, 0.29) is 35.8 Å². The summed E-state index contributed by atoms with van der Waals surface area (Å²) in [5, 5.41) is 2.80. The molecule has 3 amide bonds. The highest BCUT2D eigenvalue weighted by molar-refractivity contribution is 8.18. The number of amides is 3. The van der Waals surface area contributed by atoms with Gasteiger partial charge in [0.05, 0.1) is 36.4 Å². The van der Waals surface area contributed by atoms with Crippen molar-refractivity contribution in [3.8, 4) is 23.0 Å².